The van der Waals surface area contributed by atoms with Gasteiger partial charge in [-0.05, 0) is 55.0 Å². The molecule has 1 aromatic heterocycles. The lowest BCUT2D eigenvalue weighted by molar-refractivity contribution is -0.133. The maximum Gasteiger partial charge on any atom is 0.260 e. The monoisotopic (exact) mass is 452 g/mol. The van der Waals surface area contributed by atoms with Crippen LogP contribution in [0.1, 0.15) is 5.56 Å². The van der Waals surface area contributed by atoms with Gasteiger partial charge in [0.2, 0.25) is 0 Å². The third kappa shape index (κ3) is 4.94. The number of carbonyl (C=O) groups excluding carboxylic acids is 1. The number of piperazine rings is 1. The first-order chi connectivity index (χ1) is 15.5. The topological polar surface area (TPSA) is 67.8 Å². The van der Waals surface area contributed by atoms with E-state index >= 15 is 0 Å². The van der Waals surface area contributed by atoms with Crippen LogP contribution in [0.4, 0.5) is 5.82 Å². The number of nitrogens with zero attached hydrogens (tertiary/aromatic N) is 4. The smallest absolute Gasteiger partial charge is 0.260 e. The summed E-state index contributed by atoms with van der Waals surface area (Å²) < 4.78 is 11.1. The zero-order chi connectivity index (χ0) is 22.5. The van der Waals surface area contributed by atoms with Crippen LogP contribution in [-0.4, -0.2) is 60.9 Å². The maximum atomic E-state index is 12.5. The highest BCUT2D eigenvalue weighted by Gasteiger charge is 2.22. The number of hydrogen-bond acceptors (Lipinski definition) is 6. The van der Waals surface area contributed by atoms with E-state index in [9.17, 15) is 4.79 Å². The van der Waals surface area contributed by atoms with Crippen LogP contribution < -0.4 is 14.4 Å². The molecule has 0 radical (unpaired) electrons. The van der Waals surface area contributed by atoms with Gasteiger partial charge >= 0.3 is 0 Å². The van der Waals surface area contributed by atoms with Gasteiger partial charge < -0.3 is 19.3 Å². The van der Waals surface area contributed by atoms with Crippen LogP contribution in [-0.2, 0) is 4.79 Å². The number of amides is 1. The highest BCUT2D eigenvalue weighted by Crippen LogP contribution is 2.28. The number of para-hydroxylation sites is 1. The van der Waals surface area contributed by atoms with Gasteiger partial charge in [0.1, 0.15) is 11.5 Å². The normalized spacial score (nSPS) is 13.7. The zero-order valence-electron chi connectivity index (χ0n) is 18.1. The van der Waals surface area contributed by atoms with Crippen LogP contribution in [0.15, 0.2) is 54.6 Å². The van der Waals surface area contributed by atoms with Gasteiger partial charge in [0.25, 0.3) is 5.91 Å². The van der Waals surface area contributed by atoms with Crippen LogP contribution in [0.5, 0.6) is 11.5 Å². The number of anilines is 1. The van der Waals surface area contributed by atoms with Gasteiger partial charge in [0, 0.05) is 36.8 Å². The number of aryl methyl sites for hydroxylation is 1. The quantitative estimate of drug-likeness (QED) is 0.566. The number of aromatic nitrogens is 2. The lowest BCUT2D eigenvalue weighted by Crippen LogP contribution is -2.50. The van der Waals surface area contributed by atoms with Crippen molar-refractivity contribution in [2.75, 3.05) is 44.8 Å². The van der Waals surface area contributed by atoms with E-state index in [0.29, 0.717) is 37.0 Å². The summed E-state index contributed by atoms with van der Waals surface area (Å²) in [5.74, 6) is 2.17. The molecule has 1 aliphatic rings. The van der Waals surface area contributed by atoms with Gasteiger partial charge in [-0.15, -0.1) is 10.2 Å². The van der Waals surface area contributed by atoms with Crippen molar-refractivity contribution in [1.29, 1.82) is 0 Å². The van der Waals surface area contributed by atoms with Gasteiger partial charge in [-0.25, -0.2) is 0 Å². The van der Waals surface area contributed by atoms with Crippen molar-refractivity contribution in [3.8, 4) is 22.8 Å². The van der Waals surface area contributed by atoms with E-state index in [-0.39, 0.29) is 12.5 Å². The third-order valence-corrected chi connectivity index (χ3v) is 5.91. The second-order valence-corrected chi connectivity index (χ2v) is 7.95. The summed E-state index contributed by atoms with van der Waals surface area (Å²) in [6, 6.07) is 17.0. The summed E-state index contributed by atoms with van der Waals surface area (Å²) in [6.07, 6.45) is 0. The summed E-state index contributed by atoms with van der Waals surface area (Å²) in [4.78, 5) is 16.5. The van der Waals surface area contributed by atoms with Crippen LogP contribution in [0.2, 0.25) is 5.02 Å². The molecule has 4 rings (SSSR count). The highest BCUT2D eigenvalue weighted by atomic mass is 35.5. The van der Waals surface area contributed by atoms with E-state index in [0.717, 1.165) is 28.4 Å². The first kappa shape index (κ1) is 21.9. The van der Waals surface area contributed by atoms with Crippen LogP contribution in [0.25, 0.3) is 11.3 Å². The lowest BCUT2D eigenvalue weighted by Gasteiger charge is -2.35. The molecule has 0 atom stereocenters. The Morgan fingerprint density at radius 1 is 1.03 bits per heavy atom. The highest BCUT2D eigenvalue weighted by molar-refractivity contribution is 6.31. The van der Waals surface area contributed by atoms with E-state index in [1.165, 1.54) is 0 Å². The first-order valence-electron chi connectivity index (χ1n) is 10.4. The Bertz CT molecular complexity index is 1080. The Morgan fingerprint density at radius 3 is 2.50 bits per heavy atom. The van der Waals surface area contributed by atoms with Gasteiger partial charge in [0.15, 0.2) is 12.4 Å². The van der Waals surface area contributed by atoms with Crippen molar-refractivity contribution in [1.82, 2.24) is 15.1 Å². The molecule has 2 heterocycles. The van der Waals surface area contributed by atoms with Crippen molar-refractivity contribution >= 4 is 23.3 Å². The van der Waals surface area contributed by atoms with Crippen molar-refractivity contribution < 1.29 is 14.3 Å². The molecule has 1 amide bonds. The summed E-state index contributed by atoms with van der Waals surface area (Å²) in [7, 11) is 1.64. The average molecular weight is 453 g/mol. The van der Waals surface area contributed by atoms with Crippen molar-refractivity contribution in [2.24, 2.45) is 0 Å². The third-order valence-electron chi connectivity index (χ3n) is 5.48. The number of rotatable bonds is 6. The Hall–Kier alpha value is -3.32. The summed E-state index contributed by atoms with van der Waals surface area (Å²) in [6.45, 7) is 4.51. The largest absolute Gasteiger partial charge is 0.496 e. The molecule has 0 spiro atoms. The number of hydrogen-bond donors (Lipinski definition) is 0. The number of ether oxygens (including phenoxy) is 2. The molecule has 7 nitrogen and oxygen atoms in total. The SMILES string of the molecule is COc1ccccc1-c1ccc(N2CCN(C(=O)COc3ccc(Cl)c(C)c3)CC2)nn1. The van der Waals surface area contributed by atoms with Gasteiger partial charge in [-0.1, -0.05) is 23.7 Å². The van der Waals surface area contributed by atoms with Crippen molar-refractivity contribution in [3.05, 3.63) is 65.2 Å². The fourth-order valence-corrected chi connectivity index (χ4v) is 3.74. The van der Waals surface area contributed by atoms with Crippen LogP contribution >= 0.6 is 11.6 Å². The predicted molar refractivity (Wildman–Crippen MR) is 124 cm³/mol. The Morgan fingerprint density at radius 2 is 1.81 bits per heavy atom. The number of halogens is 1. The summed E-state index contributed by atoms with van der Waals surface area (Å²) in [5.41, 5.74) is 2.58. The second-order valence-electron chi connectivity index (χ2n) is 7.54. The fourth-order valence-electron chi connectivity index (χ4n) is 3.62. The Kier molecular flexibility index (Phi) is 6.75. The maximum absolute atomic E-state index is 12.5. The molecule has 1 fully saturated rings. The number of carbonyl (C=O) groups is 1. The summed E-state index contributed by atoms with van der Waals surface area (Å²) >= 11 is 6.03. The molecule has 2 aromatic carbocycles. The predicted octanol–water partition coefficient (Wildman–Crippen LogP) is 3.84. The summed E-state index contributed by atoms with van der Waals surface area (Å²) in [5, 5.41) is 9.46. The van der Waals surface area contributed by atoms with Crippen molar-refractivity contribution in [2.45, 2.75) is 6.92 Å². The van der Waals surface area contributed by atoms with E-state index in [4.69, 9.17) is 21.1 Å². The Balaban J connectivity index is 1.31. The van der Waals surface area contributed by atoms with Crippen LogP contribution in [0, 0.1) is 6.92 Å². The van der Waals surface area contributed by atoms with E-state index in [2.05, 4.69) is 15.1 Å². The van der Waals surface area contributed by atoms with Gasteiger partial charge in [-0.2, -0.15) is 0 Å². The van der Waals surface area contributed by atoms with Gasteiger partial charge in [-0.3, -0.25) is 4.79 Å². The van der Waals surface area contributed by atoms with Gasteiger partial charge in [0.05, 0.1) is 12.8 Å². The molecule has 3 aromatic rings. The number of benzene rings is 2. The molecular weight excluding hydrogens is 428 g/mol. The zero-order valence-corrected chi connectivity index (χ0v) is 18.9. The molecule has 0 aliphatic carbocycles. The minimum absolute atomic E-state index is 0.00842. The lowest BCUT2D eigenvalue weighted by atomic mass is 10.1. The Labute approximate surface area is 192 Å². The fraction of sp³-hybridized carbons (Fsp3) is 0.292. The second kappa shape index (κ2) is 9.87. The molecule has 0 unspecified atom stereocenters. The molecule has 1 saturated heterocycles. The first-order valence-corrected chi connectivity index (χ1v) is 10.8. The molecule has 0 bridgehead atoms. The molecular formula is C24H25ClN4O3. The molecule has 0 N–H and O–H groups in total. The van der Waals surface area contributed by atoms with Crippen LogP contribution in [0.3, 0.4) is 0 Å². The van der Waals surface area contributed by atoms with E-state index in [1.807, 2.05) is 54.3 Å². The number of methoxy groups -OCH3 is 1. The molecule has 0 saturated carbocycles. The molecule has 32 heavy (non-hydrogen) atoms. The molecule has 166 valence electrons. The van der Waals surface area contributed by atoms with Crippen molar-refractivity contribution in [3.63, 3.8) is 0 Å². The molecule has 1 aliphatic heterocycles. The average Bonchev–Trinajstić information content (AvgIpc) is 2.84. The standard InChI is InChI=1S/C24H25ClN4O3/c1-17-15-18(7-8-20(17)25)32-16-24(30)29-13-11-28(12-14-29)23-10-9-21(26-27-23)19-5-3-4-6-22(19)31-2/h3-10,15H,11-14,16H2,1-2H3. The van der Waals surface area contributed by atoms with E-state index in [1.54, 1.807) is 19.2 Å². The van der Waals surface area contributed by atoms with E-state index < -0.39 is 0 Å². The minimum Gasteiger partial charge on any atom is -0.496 e. The molecule has 8 heteroatoms. The minimum atomic E-state index is -0.0325.